The second kappa shape index (κ2) is 12.1. The molecule has 1 fully saturated rings. The third kappa shape index (κ3) is 7.89. The van der Waals surface area contributed by atoms with Crippen LogP contribution in [-0.4, -0.2) is 77.3 Å². The number of carboxylic acids is 1. The molecule has 0 aliphatic carbocycles. The third-order valence-electron chi connectivity index (χ3n) is 6.69. The van der Waals surface area contributed by atoms with E-state index in [1.165, 1.54) is 0 Å². The first-order valence-corrected chi connectivity index (χ1v) is 14.7. The second-order valence-electron chi connectivity index (χ2n) is 10.7. The fraction of sp³-hybridized carbons (Fsp3) is 0.762. The van der Waals surface area contributed by atoms with E-state index in [9.17, 15) is 34.4 Å². The van der Waals surface area contributed by atoms with E-state index >= 15 is 0 Å². The molecule has 0 aromatic heterocycles. The number of nitrogens with two attached hydrogens (primary N) is 1. The third-order valence-corrected chi connectivity index (χ3v) is 12.1. The maximum atomic E-state index is 13.2. The molecule has 204 valence electrons. The summed E-state index contributed by atoms with van der Waals surface area (Å²) in [6, 6.07) is -2.98. The smallest absolute Gasteiger partial charge is 0.326 e. The number of nitro groups is 1. The molecule has 3 atom stereocenters. The molecule has 1 saturated heterocycles. The number of rotatable bonds is 12. The Morgan fingerprint density at radius 3 is 2.31 bits per heavy atom. The van der Waals surface area contributed by atoms with Gasteiger partial charge in [0, 0.05) is 6.54 Å². The SMILES string of the molecule is CC(C)[C@H](NC(=O)[C@H](CCCN=C(N)N[N+](=O)[O-])NC(=O)C1CC(=O)N1[Si](C)(C)C(C)(C)C)C(=O)O. The van der Waals surface area contributed by atoms with E-state index in [1.54, 1.807) is 23.8 Å². The van der Waals surface area contributed by atoms with Crippen LogP contribution in [0.5, 0.6) is 0 Å². The highest BCUT2D eigenvalue weighted by Crippen LogP contribution is 2.42. The number of hydrazine groups is 1. The van der Waals surface area contributed by atoms with E-state index in [-0.39, 0.29) is 36.8 Å². The Labute approximate surface area is 211 Å². The van der Waals surface area contributed by atoms with Crippen LogP contribution >= 0.6 is 0 Å². The number of nitrogens with zero attached hydrogens (tertiary/aromatic N) is 3. The van der Waals surface area contributed by atoms with Crippen molar-refractivity contribution in [3.8, 4) is 0 Å². The molecule has 1 unspecified atom stereocenters. The van der Waals surface area contributed by atoms with Crippen molar-refractivity contribution in [2.45, 2.75) is 90.1 Å². The van der Waals surface area contributed by atoms with E-state index in [0.717, 1.165) is 0 Å². The molecule has 0 spiro atoms. The van der Waals surface area contributed by atoms with Crippen molar-refractivity contribution in [3.63, 3.8) is 0 Å². The van der Waals surface area contributed by atoms with Crippen LogP contribution in [0, 0.1) is 16.0 Å². The van der Waals surface area contributed by atoms with Gasteiger partial charge >= 0.3 is 5.97 Å². The molecule has 1 heterocycles. The van der Waals surface area contributed by atoms with Gasteiger partial charge in [-0.15, -0.1) is 0 Å². The highest BCUT2D eigenvalue weighted by atomic mass is 28.3. The minimum Gasteiger partial charge on any atom is -0.480 e. The van der Waals surface area contributed by atoms with Gasteiger partial charge in [-0.2, -0.15) is 0 Å². The summed E-state index contributed by atoms with van der Waals surface area (Å²) in [7, 11) is -2.35. The zero-order valence-corrected chi connectivity index (χ0v) is 23.0. The Bertz CT molecular complexity index is 902. The average molecular weight is 530 g/mol. The summed E-state index contributed by atoms with van der Waals surface area (Å²) in [5.41, 5.74) is 7.09. The monoisotopic (exact) mass is 529 g/mol. The zero-order valence-electron chi connectivity index (χ0n) is 22.0. The Hall–Kier alpha value is -3.23. The standard InChI is InChI=1S/C21H39N7O7Si/c1-12(2)16(19(32)33)25-17(30)13(9-8-10-23-20(22)26-28(34)35)24-18(31)14-11-15(29)27(14)36(6,7)21(3,4)5/h12-14,16H,8-11H2,1-7H3,(H,24,31)(H,25,30)(H,32,33)(H3,22,23,26)/t13-,14?,16-/m0/s1. The van der Waals surface area contributed by atoms with Gasteiger partial charge in [0.2, 0.25) is 17.7 Å². The fourth-order valence-corrected chi connectivity index (χ4v) is 6.04. The Balaban J connectivity index is 3.03. The number of nitrogens with one attached hydrogen (secondary N) is 3. The van der Waals surface area contributed by atoms with E-state index < -0.39 is 61.1 Å². The molecule has 36 heavy (non-hydrogen) atoms. The summed E-state index contributed by atoms with van der Waals surface area (Å²) in [4.78, 5) is 64.4. The highest BCUT2D eigenvalue weighted by molar-refractivity contribution is 6.80. The van der Waals surface area contributed by atoms with Crippen molar-refractivity contribution in [1.82, 2.24) is 20.6 Å². The number of carbonyl (C=O) groups is 4. The maximum absolute atomic E-state index is 13.2. The van der Waals surface area contributed by atoms with Gasteiger partial charge in [-0.05, 0) is 23.8 Å². The van der Waals surface area contributed by atoms with Gasteiger partial charge < -0.3 is 26.0 Å². The summed E-state index contributed by atoms with van der Waals surface area (Å²) in [6.45, 7) is 13.4. The first-order valence-electron chi connectivity index (χ1n) is 11.8. The van der Waals surface area contributed by atoms with Crippen molar-refractivity contribution in [2.75, 3.05) is 6.54 Å². The lowest BCUT2D eigenvalue weighted by molar-refractivity contribution is -0.525. The van der Waals surface area contributed by atoms with Crippen molar-refractivity contribution in [2.24, 2.45) is 16.6 Å². The van der Waals surface area contributed by atoms with Gasteiger partial charge in [0.05, 0.1) is 6.42 Å². The van der Waals surface area contributed by atoms with Crippen LogP contribution < -0.4 is 21.8 Å². The number of carboxylic acid groups (broad SMARTS) is 1. The van der Waals surface area contributed by atoms with Crippen LogP contribution in [0.2, 0.25) is 18.1 Å². The minimum atomic E-state index is -2.35. The van der Waals surface area contributed by atoms with Crippen molar-refractivity contribution in [1.29, 1.82) is 0 Å². The lowest BCUT2D eigenvalue weighted by Gasteiger charge is -2.54. The van der Waals surface area contributed by atoms with E-state index in [4.69, 9.17) is 5.73 Å². The van der Waals surface area contributed by atoms with Crippen LogP contribution in [0.25, 0.3) is 0 Å². The summed E-state index contributed by atoms with van der Waals surface area (Å²) in [5, 5.41) is 23.9. The summed E-state index contributed by atoms with van der Waals surface area (Å²) >= 11 is 0. The van der Waals surface area contributed by atoms with Crippen LogP contribution in [-0.2, 0) is 19.2 Å². The molecule has 0 aromatic carbocycles. The van der Waals surface area contributed by atoms with Crippen LogP contribution in [0.3, 0.4) is 0 Å². The van der Waals surface area contributed by atoms with Crippen molar-refractivity contribution in [3.05, 3.63) is 10.1 Å². The van der Waals surface area contributed by atoms with E-state index in [1.807, 2.05) is 33.9 Å². The van der Waals surface area contributed by atoms with Gasteiger partial charge in [-0.3, -0.25) is 14.4 Å². The number of β-lactam (4-membered cyclic amide) rings is 1. The van der Waals surface area contributed by atoms with Gasteiger partial charge in [-0.25, -0.2) is 19.9 Å². The van der Waals surface area contributed by atoms with Crippen LogP contribution in [0.15, 0.2) is 4.99 Å². The molecule has 1 aliphatic rings. The molecule has 1 aliphatic heterocycles. The molecule has 0 bridgehead atoms. The first kappa shape index (κ1) is 30.8. The molecule has 14 nitrogen and oxygen atoms in total. The lowest BCUT2D eigenvalue weighted by atomic mass is 10.0. The predicted octanol–water partition coefficient (Wildman–Crippen LogP) is 0.179. The van der Waals surface area contributed by atoms with Crippen molar-refractivity contribution >= 4 is 37.9 Å². The molecule has 3 amide bonds. The molecule has 1 rings (SSSR count). The van der Waals surface area contributed by atoms with Crippen LogP contribution in [0.4, 0.5) is 0 Å². The number of aliphatic imine (C=N–C) groups is 1. The largest absolute Gasteiger partial charge is 0.480 e. The zero-order chi connectivity index (χ0) is 28.0. The quantitative estimate of drug-likeness (QED) is 0.0443. The summed E-state index contributed by atoms with van der Waals surface area (Å²) in [6.07, 6.45) is 0.315. The average Bonchev–Trinajstić information content (AvgIpc) is 2.69. The summed E-state index contributed by atoms with van der Waals surface area (Å²) in [5.74, 6) is -3.31. The lowest BCUT2D eigenvalue weighted by Crippen LogP contribution is -2.72. The molecule has 0 radical (unpaired) electrons. The normalized spacial score (nSPS) is 18.2. The maximum Gasteiger partial charge on any atom is 0.326 e. The molecule has 15 heteroatoms. The van der Waals surface area contributed by atoms with Gasteiger partial charge in [0.25, 0.3) is 5.96 Å². The molecule has 0 saturated carbocycles. The number of hydrogen-bond donors (Lipinski definition) is 5. The Morgan fingerprint density at radius 1 is 1.28 bits per heavy atom. The number of hydrogen-bond acceptors (Lipinski definition) is 7. The molecule has 6 N–H and O–H groups in total. The molecular weight excluding hydrogens is 490 g/mol. The predicted molar refractivity (Wildman–Crippen MR) is 135 cm³/mol. The van der Waals surface area contributed by atoms with Gasteiger partial charge in [0.15, 0.2) is 13.3 Å². The van der Waals surface area contributed by atoms with E-state index in [2.05, 4.69) is 15.6 Å². The Kier molecular flexibility index (Phi) is 10.4. The fourth-order valence-electron chi connectivity index (χ4n) is 3.62. The second-order valence-corrected chi connectivity index (χ2v) is 15.8. The number of amides is 3. The Morgan fingerprint density at radius 2 is 1.86 bits per heavy atom. The topological polar surface area (TPSA) is 209 Å². The first-order chi connectivity index (χ1) is 16.4. The highest BCUT2D eigenvalue weighted by Gasteiger charge is 2.54. The number of guanidine groups is 1. The van der Waals surface area contributed by atoms with Crippen molar-refractivity contribution < 1.29 is 29.3 Å². The number of aliphatic carboxylic acids is 1. The molecular formula is C21H39N7O7Si. The number of carbonyl (C=O) groups excluding carboxylic acids is 3. The summed E-state index contributed by atoms with van der Waals surface area (Å²) < 4.78 is 1.65. The minimum absolute atomic E-state index is 0.0247. The molecule has 0 aromatic rings. The van der Waals surface area contributed by atoms with Gasteiger partial charge in [0.1, 0.15) is 18.1 Å². The van der Waals surface area contributed by atoms with Gasteiger partial charge in [-0.1, -0.05) is 53.1 Å². The van der Waals surface area contributed by atoms with Crippen LogP contribution in [0.1, 0.15) is 53.9 Å². The van der Waals surface area contributed by atoms with E-state index in [0.29, 0.717) is 0 Å².